The van der Waals surface area contributed by atoms with Gasteiger partial charge < -0.3 is 9.32 Å². The zero-order valence-corrected chi connectivity index (χ0v) is 20.3. The van der Waals surface area contributed by atoms with Crippen molar-refractivity contribution in [3.05, 3.63) is 58.6 Å². The minimum absolute atomic E-state index is 0.111. The second-order valence-corrected chi connectivity index (χ2v) is 11.2. The molecule has 0 N–H and O–H groups in total. The molecule has 9 heteroatoms. The largest absolute Gasteiger partial charge is 0.419 e. The van der Waals surface area contributed by atoms with Crippen LogP contribution in [-0.2, 0) is 27.8 Å². The molecule has 3 aromatic rings. The van der Waals surface area contributed by atoms with Gasteiger partial charge in [0.25, 0.3) is 0 Å². The number of sulfonamides is 1. The van der Waals surface area contributed by atoms with Crippen LogP contribution in [0.5, 0.6) is 0 Å². The fourth-order valence-electron chi connectivity index (χ4n) is 5.30. The lowest BCUT2D eigenvalue weighted by molar-refractivity contribution is -0.120. The lowest BCUT2D eigenvalue weighted by atomic mass is 9.94. The van der Waals surface area contributed by atoms with Crippen LogP contribution in [-0.4, -0.2) is 42.3 Å². The number of carbonyl (C=O) groups excluding carboxylic acids is 1. The topological polar surface area (TPSA) is 92.8 Å². The summed E-state index contributed by atoms with van der Waals surface area (Å²) in [6.45, 7) is 5.08. The number of hydrogen-bond acceptors (Lipinski definition) is 5. The van der Waals surface area contributed by atoms with Gasteiger partial charge in [0, 0.05) is 43.9 Å². The zero-order valence-electron chi connectivity index (χ0n) is 19.4. The summed E-state index contributed by atoms with van der Waals surface area (Å²) in [6.07, 6.45) is 2.57. The second-order valence-electron chi connectivity index (χ2n) is 9.24. The SMILES string of the molecule is CCn1c(=O)oc2cc(S(=O)(=O)N3CCC(CC(=O)N4c5ccccc5C[C@@H]4C)CC3)ccc21. The molecule has 1 aromatic heterocycles. The lowest BCUT2D eigenvalue weighted by Gasteiger charge is -2.32. The van der Waals surface area contributed by atoms with E-state index in [9.17, 15) is 18.0 Å². The van der Waals surface area contributed by atoms with Crippen LogP contribution in [0.15, 0.2) is 56.6 Å². The number of amides is 1. The number of anilines is 1. The number of benzene rings is 2. The Morgan fingerprint density at radius 1 is 1.12 bits per heavy atom. The first-order valence-corrected chi connectivity index (χ1v) is 13.3. The summed E-state index contributed by atoms with van der Waals surface area (Å²) in [7, 11) is -3.71. The standard InChI is InChI=1S/C25H29N3O5S/c1-3-27-22-9-8-20(16-23(22)33-25(27)30)34(31,32)26-12-10-18(11-13-26)15-24(29)28-17(2)14-19-6-4-5-7-21(19)28/h4-9,16-18H,3,10-15H2,1-2H3/t17-/m0/s1. The molecule has 1 fully saturated rings. The molecule has 2 aliphatic rings. The van der Waals surface area contributed by atoms with Crippen LogP contribution in [0.1, 0.15) is 38.7 Å². The molecule has 5 rings (SSSR count). The van der Waals surface area contributed by atoms with Gasteiger partial charge in [-0.1, -0.05) is 18.2 Å². The summed E-state index contributed by atoms with van der Waals surface area (Å²) >= 11 is 0. The van der Waals surface area contributed by atoms with Crippen LogP contribution >= 0.6 is 0 Å². The number of carbonyl (C=O) groups is 1. The molecule has 0 unspecified atom stereocenters. The van der Waals surface area contributed by atoms with Gasteiger partial charge in [-0.05, 0) is 62.8 Å². The van der Waals surface area contributed by atoms with Crippen LogP contribution in [0.25, 0.3) is 11.1 Å². The number of hydrogen-bond donors (Lipinski definition) is 0. The number of aromatic nitrogens is 1. The fraction of sp³-hybridized carbons (Fsp3) is 0.440. The van der Waals surface area contributed by atoms with Crippen LogP contribution in [0.2, 0.25) is 0 Å². The number of fused-ring (bicyclic) bond motifs is 2. The Morgan fingerprint density at radius 2 is 1.85 bits per heavy atom. The second kappa shape index (κ2) is 8.70. The third kappa shape index (κ3) is 3.86. The van der Waals surface area contributed by atoms with Crippen molar-refractivity contribution >= 4 is 32.7 Å². The highest BCUT2D eigenvalue weighted by Crippen LogP contribution is 2.34. The number of para-hydroxylation sites is 1. The number of piperidine rings is 1. The highest BCUT2D eigenvalue weighted by atomic mass is 32.2. The number of rotatable bonds is 5. The highest BCUT2D eigenvalue weighted by molar-refractivity contribution is 7.89. The summed E-state index contributed by atoms with van der Waals surface area (Å²) in [5.41, 5.74) is 3.06. The first kappa shape index (κ1) is 22.9. The molecule has 3 heterocycles. The van der Waals surface area contributed by atoms with Gasteiger partial charge in [0.2, 0.25) is 15.9 Å². The molecular formula is C25H29N3O5S. The van der Waals surface area contributed by atoms with Crippen LogP contribution in [0.3, 0.4) is 0 Å². The number of nitrogens with zero attached hydrogens (tertiary/aromatic N) is 3. The monoisotopic (exact) mass is 483 g/mol. The maximum atomic E-state index is 13.2. The van der Waals surface area contributed by atoms with Gasteiger partial charge >= 0.3 is 5.76 Å². The molecule has 8 nitrogen and oxygen atoms in total. The number of aryl methyl sites for hydroxylation is 1. The van der Waals surface area contributed by atoms with E-state index in [2.05, 4.69) is 13.0 Å². The Labute approximate surface area is 198 Å². The normalized spacial score (nSPS) is 19.6. The third-order valence-electron chi connectivity index (χ3n) is 7.11. The van der Waals surface area contributed by atoms with E-state index >= 15 is 0 Å². The van der Waals surface area contributed by atoms with E-state index in [-0.39, 0.29) is 28.3 Å². The van der Waals surface area contributed by atoms with Crippen LogP contribution < -0.4 is 10.7 Å². The average molecular weight is 484 g/mol. The van der Waals surface area contributed by atoms with Gasteiger partial charge in [-0.3, -0.25) is 9.36 Å². The molecule has 1 amide bonds. The zero-order chi connectivity index (χ0) is 24.0. The van der Waals surface area contributed by atoms with E-state index in [1.165, 1.54) is 26.6 Å². The molecule has 0 radical (unpaired) electrons. The summed E-state index contributed by atoms with van der Waals surface area (Å²) in [5, 5.41) is 0. The van der Waals surface area contributed by atoms with Crippen LogP contribution in [0.4, 0.5) is 5.69 Å². The fourth-order valence-corrected chi connectivity index (χ4v) is 6.79. The van der Waals surface area contributed by atoms with E-state index in [0.29, 0.717) is 44.4 Å². The summed E-state index contributed by atoms with van der Waals surface area (Å²) < 4.78 is 34.6. The van der Waals surface area contributed by atoms with Crippen molar-refractivity contribution in [1.82, 2.24) is 8.87 Å². The van der Waals surface area contributed by atoms with Crippen molar-refractivity contribution in [3.8, 4) is 0 Å². The molecular weight excluding hydrogens is 454 g/mol. The Kier molecular flexibility index (Phi) is 5.85. The van der Waals surface area contributed by atoms with Crippen molar-refractivity contribution in [2.24, 2.45) is 5.92 Å². The van der Waals surface area contributed by atoms with E-state index in [1.54, 1.807) is 6.07 Å². The van der Waals surface area contributed by atoms with Gasteiger partial charge in [-0.25, -0.2) is 13.2 Å². The Bertz CT molecular complexity index is 1400. The minimum atomic E-state index is -3.71. The van der Waals surface area contributed by atoms with Gasteiger partial charge in [0.1, 0.15) is 0 Å². The first-order chi connectivity index (χ1) is 16.3. The molecule has 2 aromatic carbocycles. The molecule has 1 saturated heterocycles. The van der Waals surface area contributed by atoms with Gasteiger partial charge in [0.05, 0.1) is 10.4 Å². The van der Waals surface area contributed by atoms with Crippen LogP contribution in [0, 0.1) is 5.92 Å². The summed E-state index contributed by atoms with van der Waals surface area (Å²) in [5.74, 6) is -0.231. The van der Waals surface area contributed by atoms with Gasteiger partial charge in [0.15, 0.2) is 5.58 Å². The first-order valence-electron chi connectivity index (χ1n) is 11.8. The minimum Gasteiger partial charge on any atom is -0.408 e. The Balaban J connectivity index is 1.26. The Morgan fingerprint density at radius 3 is 2.59 bits per heavy atom. The van der Waals surface area contributed by atoms with E-state index in [4.69, 9.17) is 4.42 Å². The maximum Gasteiger partial charge on any atom is 0.419 e. The van der Waals surface area contributed by atoms with Crippen molar-refractivity contribution in [2.75, 3.05) is 18.0 Å². The summed E-state index contributed by atoms with van der Waals surface area (Å²) in [6, 6.07) is 12.8. The van der Waals surface area contributed by atoms with Gasteiger partial charge in [-0.2, -0.15) is 4.31 Å². The number of oxazole rings is 1. The molecule has 180 valence electrons. The van der Waals surface area contributed by atoms with Crippen molar-refractivity contribution in [1.29, 1.82) is 0 Å². The molecule has 0 saturated carbocycles. The van der Waals surface area contributed by atoms with Crippen molar-refractivity contribution in [2.45, 2.75) is 57.0 Å². The smallest absolute Gasteiger partial charge is 0.408 e. The molecule has 0 spiro atoms. The highest BCUT2D eigenvalue weighted by Gasteiger charge is 2.34. The van der Waals surface area contributed by atoms with E-state index < -0.39 is 15.8 Å². The predicted molar refractivity (Wildman–Crippen MR) is 129 cm³/mol. The predicted octanol–water partition coefficient (Wildman–Crippen LogP) is 3.38. The van der Waals surface area contributed by atoms with Crippen molar-refractivity contribution in [3.63, 3.8) is 0 Å². The van der Waals surface area contributed by atoms with Crippen molar-refractivity contribution < 1.29 is 17.6 Å². The lowest BCUT2D eigenvalue weighted by Crippen LogP contribution is -2.41. The molecule has 0 aliphatic carbocycles. The third-order valence-corrected chi connectivity index (χ3v) is 9.00. The van der Waals surface area contributed by atoms with Gasteiger partial charge in [-0.15, -0.1) is 0 Å². The molecule has 1 atom stereocenters. The maximum absolute atomic E-state index is 13.2. The molecule has 2 aliphatic heterocycles. The molecule has 0 bridgehead atoms. The van der Waals surface area contributed by atoms with E-state index in [1.807, 2.05) is 30.0 Å². The quantitative estimate of drug-likeness (QED) is 0.555. The van der Waals surface area contributed by atoms with E-state index in [0.717, 1.165) is 12.1 Å². The molecule has 34 heavy (non-hydrogen) atoms. The Hall–Kier alpha value is -2.91. The summed E-state index contributed by atoms with van der Waals surface area (Å²) in [4.78, 5) is 27.1. The average Bonchev–Trinajstić information content (AvgIpc) is 3.33.